The third-order valence-corrected chi connectivity index (χ3v) is 7.06. The average Bonchev–Trinajstić information content (AvgIpc) is 2.77. The van der Waals surface area contributed by atoms with Crippen LogP contribution in [0.4, 0.5) is 10.5 Å². The number of anilines is 1. The second kappa shape index (κ2) is 10.5. The maximum atomic E-state index is 13.3. The molecule has 0 aliphatic carbocycles. The highest BCUT2D eigenvalue weighted by Crippen LogP contribution is 2.30. The van der Waals surface area contributed by atoms with Gasteiger partial charge in [0.1, 0.15) is 11.6 Å². The van der Waals surface area contributed by atoms with E-state index >= 15 is 0 Å². The van der Waals surface area contributed by atoms with Crippen molar-refractivity contribution in [3.8, 4) is 0 Å². The second-order valence-electron chi connectivity index (χ2n) is 9.32. The molecule has 2 amide bonds. The smallest absolute Gasteiger partial charge is 0.408 e. The van der Waals surface area contributed by atoms with Crippen LogP contribution in [0.2, 0.25) is 0 Å². The van der Waals surface area contributed by atoms with Crippen LogP contribution in [0, 0.1) is 0 Å². The van der Waals surface area contributed by atoms with Crippen molar-refractivity contribution in [1.82, 2.24) is 9.62 Å². The van der Waals surface area contributed by atoms with Crippen molar-refractivity contribution in [2.75, 3.05) is 19.4 Å². The number of rotatable bonds is 7. The van der Waals surface area contributed by atoms with Crippen LogP contribution in [0.25, 0.3) is 10.8 Å². The standard InChI is InChI=1S/C26H31N3O5S/c1-26(2,3)34-25(31)28-22(17-18-11-7-6-8-12-18)24(30)27-21-15-9-14-20-19(21)13-10-16-23(20)35(32,33)29(4)5/h6-16,22H,17H2,1-5H3,(H,27,30)(H,28,31)/t22-/m0/s1. The van der Waals surface area contributed by atoms with Crippen LogP contribution in [-0.2, 0) is 26.0 Å². The molecule has 0 fully saturated rings. The van der Waals surface area contributed by atoms with Gasteiger partial charge in [-0.1, -0.05) is 54.6 Å². The largest absolute Gasteiger partial charge is 0.444 e. The molecule has 0 bridgehead atoms. The van der Waals surface area contributed by atoms with Gasteiger partial charge in [0.2, 0.25) is 15.9 Å². The van der Waals surface area contributed by atoms with Crippen molar-refractivity contribution in [1.29, 1.82) is 0 Å². The van der Waals surface area contributed by atoms with Crippen molar-refractivity contribution < 1.29 is 22.7 Å². The van der Waals surface area contributed by atoms with E-state index in [1.807, 2.05) is 30.3 Å². The van der Waals surface area contributed by atoms with E-state index in [4.69, 9.17) is 4.74 Å². The first-order chi connectivity index (χ1) is 16.4. The molecule has 3 aromatic rings. The Morgan fingerprint density at radius 3 is 2.17 bits per heavy atom. The fourth-order valence-corrected chi connectivity index (χ4v) is 4.64. The van der Waals surface area contributed by atoms with Gasteiger partial charge in [-0.3, -0.25) is 4.79 Å². The highest BCUT2D eigenvalue weighted by Gasteiger charge is 2.26. The van der Waals surface area contributed by atoms with Crippen molar-refractivity contribution in [3.63, 3.8) is 0 Å². The number of benzene rings is 3. The molecule has 3 aromatic carbocycles. The molecule has 0 heterocycles. The van der Waals surface area contributed by atoms with Gasteiger partial charge in [0.15, 0.2) is 0 Å². The molecule has 8 nitrogen and oxygen atoms in total. The number of nitrogens with zero attached hydrogens (tertiary/aromatic N) is 1. The number of hydrogen-bond acceptors (Lipinski definition) is 5. The summed E-state index contributed by atoms with van der Waals surface area (Å²) in [5, 5.41) is 6.58. The molecule has 0 aromatic heterocycles. The van der Waals surface area contributed by atoms with E-state index in [2.05, 4.69) is 10.6 Å². The van der Waals surface area contributed by atoms with E-state index < -0.39 is 33.7 Å². The van der Waals surface area contributed by atoms with E-state index in [1.165, 1.54) is 20.2 Å². The highest BCUT2D eigenvalue weighted by atomic mass is 32.2. The number of carbonyl (C=O) groups excluding carboxylic acids is 2. The average molecular weight is 498 g/mol. The number of carbonyl (C=O) groups is 2. The third-order valence-electron chi connectivity index (χ3n) is 5.19. The number of fused-ring (bicyclic) bond motifs is 1. The minimum Gasteiger partial charge on any atom is -0.444 e. The maximum absolute atomic E-state index is 13.3. The number of sulfonamides is 1. The Balaban J connectivity index is 1.94. The first-order valence-corrected chi connectivity index (χ1v) is 12.6. The molecular weight excluding hydrogens is 466 g/mol. The predicted octanol–water partition coefficient (Wildman–Crippen LogP) is 4.16. The Kier molecular flexibility index (Phi) is 7.82. The van der Waals surface area contributed by atoms with Crippen LogP contribution < -0.4 is 10.6 Å². The van der Waals surface area contributed by atoms with Crippen LogP contribution >= 0.6 is 0 Å². The summed E-state index contributed by atoms with van der Waals surface area (Å²) in [6, 6.07) is 18.4. The van der Waals surface area contributed by atoms with Gasteiger partial charge in [-0.25, -0.2) is 17.5 Å². The molecule has 186 valence electrons. The quantitative estimate of drug-likeness (QED) is 0.510. The van der Waals surface area contributed by atoms with Crippen LogP contribution in [0.15, 0.2) is 71.6 Å². The Labute approximate surface area is 206 Å². The predicted molar refractivity (Wildman–Crippen MR) is 137 cm³/mol. The molecule has 35 heavy (non-hydrogen) atoms. The van der Waals surface area contributed by atoms with Gasteiger partial charge in [-0.2, -0.15) is 0 Å². The van der Waals surface area contributed by atoms with Crippen LogP contribution in [0.1, 0.15) is 26.3 Å². The van der Waals surface area contributed by atoms with Crippen LogP contribution in [0.3, 0.4) is 0 Å². The lowest BCUT2D eigenvalue weighted by molar-refractivity contribution is -0.118. The van der Waals surface area contributed by atoms with E-state index in [0.717, 1.165) is 9.87 Å². The molecule has 0 aliphatic heterocycles. The fraction of sp³-hybridized carbons (Fsp3) is 0.308. The summed E-state index contributed by atoms with van der Waals surface area (Å²) in [5.74, 6) is -0.451. The highest BCUT2D eigenvalue weighted by molar-refractivity contribution is 7.89. The lowest BCUT2D eigenvalue weighted by Gasteiger charge is -2.23. The Morgan fingerprint density at radius 2 is 1.54 bits per heavy atom. The molecule has 3 rings (SSSR count). The summed E-state index contributed by atoms with van der Waals surface area (Å²) in [7, 11) is -0.755. The lowest BCUT2D eigenvalue weighted by Crippen LogP contribution is -2.47. The van der Waals surface area contributed by atoms with Crippen molar-refractivity contribution in [3.05, 3.63) is 72.3 Å². The van der Waals surface area contributed by atoms with E-state index in [1.54, 1.807) is 51.1 Å². The molecule has 0 saturated heterocycles. The maximum Gasteiger partial charge on any atom is 0.408 e. The number of hydrogen-bond donors (Lipinski definition) is 2. The molecule has 0 unspecified atom stereocenters. The van der Waals surface area contributed by atoms with E-state index in [0.29, 0.717) is 16.5 Å². The molecule has 0 aliphatic rings. The monoisotopic (exact) mass is 497 g/mol. The molecular formula is C26H31N3O5S. The molecule has 9 heteroatoms. The normalized spacial score (nSPS) is 12.9. The van der Waals surface area contributed by atoms with Gasteiger partial charge in [-0.15, -0.1) is 0 Å². The molecule has 1 atom stereocenters. The summed E-state index contributed by atoms with van der Waals surface area (Å²) in [6.07, 6.45) is -0.456. The zero-order valence-electron chi connectivity index (χ0n) is 20.5. The van der Waals surface area contributed by atoms with E-state index in [9.17, 15) is 18.0 Å². The van der Waals surface area contributed by atoms with Crippen molar-refractivity contribution >= 4 is 38.5 Å². The molecule has 0 spiro atoms. The minimum absolute atomic E-state index is 0.142. The zero-order valence-corrected chi connectivity index (χ0v) is 21.3. The zero-order chi connectivity index (χ0) is 25.8. The first kappa shape index (κ1) is 26.2. The summed E-state index contributed by atoms with van der Waals surface area (Å²) in [5.41, 5.74) is 0.579. The fourth-order valence-electron chi connectivity index (χ4n) is 3.54. The van der Waals surface area contributed by atoms with Crippen LogP contribution in [0.5, 0.6) is 0 Å². The molecule has 0 radical (unpaired) electrons. The number of ether oxygens (including phenoxy) is 1. The van der Waals surface area contributed by atoms with Gasteiger partial charge in [0.25, 0.3) is 0 Å². The summed E-state index contributed by atoms with van der Waals surface area (Å²) in [4.78, 5) is 25.9. The van der Waals surface area contributed by atoms with Crippen LogP contribution in [-0.4, -0.2) is 50.5 Å². The number of amides is 2. The van der Waals surface area contributed by atoms with E-state index in [-0.39, 0.29) is 11.3 Å². The van der Waals surface area contributed by atoms with Gasteiger partial charge >= 0.3 is 6.09 Å². The summed E-state index contributed by atoms with van der Waals surface area (Å²) < 4.78 is 32.1. The Morgan fingerprint density at radius 1 is 0.914 bits per heavy atom. The Hall–Kier alpha value is -3.43. The SMILES string of the molecule is CN(C)S(=O)(=O)c1cccc2c(NC(=O)[C@H](Cc3ccccc3)NC(=O)OC(C)(C)C)cccc12. The summed E-state index contributed by atoms with van der Waals surface area (Å²) >= 11 is 0. The molecule has 0 saturated carbocycles. The second-order valence-corrected chi connectivity index (χ2v) is 11.4. The van der Waals surface area contributed by atoms with Crippen molar-refractivity contribution in [2.45, 2.75) is 43.7 Å². The number of alkyl carbamates (subject to hydrolysis) is 1. The van der Waals surface area contributed by atoms with Gasteiger partial charge < -0.3 is 15.4 Å². The van der Waals surface area contributed by atoms with Gasteiger partial charge in [0.05, 0.1) is 4.90 Å². The van der Waals surface area contributed by atoms with Gasteiger partial charge in [0, 0.05) is 37.0 Å². The summed E-state index contributed by atoms with van der Waals surface area (Å²) in [6.45, 7) is 5.23. The van der Waals surface area contributed by atoms with Gasteiger partial charge in [-0.05, 0) is 38.5 Å². The third kappa shape index (κ3) is 6.58. The minimum atomic E-state index is -3.69. The van der Waals surface area contributed by atoms with Crippen molar-refractivity contribution in [2.24, 2.45) is 0 Å². The number of nitrogens with one attached hydrogen (secondary N) is 2. The topological polar surface area (TPSA) is 105 Å². The first-order valence-electron chi connectivity index (χ1n) is 11.2. The Bertz CT molecular complexity index is 1320. The lowest BCUT2D eigenvalue weighted by atomic mass is 10.0. The molecule has 2 N–H and O–H groups in total.